The zero-order valence-electron chi connectivity index (χ0n) is 14.6. The summed E-state index contributed by atoms with van der Waals surface area (Å²) in [5, 5.41) is 11.5. The number of benzene rings is 1. The molecule has 3 aliphatic rings. The first kappa shape index (κ1) is 15.5. The first-order chi connectivity index (χ1) is 12.3. The van der Waals surface area contributed by atoms with E-state index in [0.717, 1.165) is 37.8 Å². The van der Waals surface area contributed by atoms with E-state index in [2.05, 4.69) is 46.1 Å². The Balaban J connectivity index is 1.20. The minimum atomic E-state index is 0.119. The van der Waals surface area contributed by atoms with E-state index in [1.165, 1.54) is 31.2 Å². The lowest BCUT2D eigenvalue weighted by Gasteiger charge is -2.18. The molecule has 2 heterocycles. The summed E-state index contributed by atoms with van der Waals surface area (Å²) in [6.07, 6.45) is 5.93. The molecule has 0 spiro atoms. The molecule has 2 aliphatic carbocycles. The summed E-state index contributed by atoms with van der Waals surface area (Å²) in [5.74, 6) is 2.83. The number of rotatable bonds is 6. The van der Waals surface area contributed by atoms with Gasteiger partial charge in [-0.25, -0.2) is 0 Å². The van der Waals surface area contributed by atoms with Crippen LogP contribution in [0.5, 0.6) is 0 Å². The maximum atomic E-state index is 5.61. The standard InChI is InChI=1S/C20H26N4O/c1-2-5-14(6-3-1)16-11-17(16)22-13-20(8-9-20)19-23-18(25-24-19)15-7-4-10-21-12-15/h1-3,5-6,15-17,21-22H,4,7-13H2/t15-,16?,17-/m0/s1. The van der Waals surface area contributed by atoms with Crippen LogP contribution in [0, 0.1) is 0 Å². The van der Waals surface area contributed by atoms with E-state index in [4.69, 9.17) is 9.51 Å². The quantitative estimate of drug-likeness (QED) is 0.848. The highest BCUT2D eigenvalue weighted by Gasteiger charge is 2.50. The van der Waals surface area contributed by atoms with Gasteiger partial charge >= 0.3 is 0 Å². The van der Waals surface area contributed by atoms with Crippen LogP contribution in [-0.4, -0.2) is 35.8 Å². The molecule has 0 radical (unpaired) electrons. The fraction of sp³-hybridized carbons (Fsp3) is 0.600. The summed E-state index contributed by atoms with van der Waals surface area (Å²) in [6.45, 7) is 3.05. The molecule has 2 saturated carbocycles. The van der Waals surface area contributed by atoms with Crippen LogP contribution in [0.1, 0.15) is 61.2 Å². The second-order valence-electron chi connectivity index (χ2n) is 8.02. The SMILES string of the molecule is c1ccc(C2C[C@@H]2NCC2(c3noc([C@H]4CCCNC4)n3)CC2)cc1. The van der Waals surface area contributed by atoms with Crippen LogP contribution in [0.25, 0.3) is 0 Å². The lowest BCUT2D eigenvalue weighted by molar-refractivity contribution is 0.318. The molecule has 5 heteroatoms. The minimum absolute atomic E-state index is 0.119. The molecule has 1 aliphatic heterocycles. The molecular formula is C20H26N4O. The van der Waals surface area contributed by atoms with Crippen molar-refractivity contribution in [3.63, 3.8) is 0 Å². The van der Waals surface area contributed by atoms with Crippen LogP contribution in [0.2, 0.25) is 0 Å². The summed E-state index contributed by atoms with van der Waals surface area (Å²) in [4.78, 5) is 4.79. The smallest absolute Gasteiger partial charge is 0.231 e. The normalized spacial score (nSPS) is 30.2. The van der Waals surface area contributed by atoms with Gasteiger partial charge in [0, 0.05) is 30.5 Å². The van der Waals surface area contributed by atoms with E-state index in [1.807, 2.05) is 0 Å². The van der Waals surface area contributed by atoms with E-state index in [-0.39, 0.29) is 5.41 Å². The second kappa shape index (κ2) is 6.22. The highest BCUT2D eigenvalue weighted by Crippen LogP contribution is 2.48. The third kappa shape index (κ3) is 3.11. The van der Waals surface area contributed by atoms with Gasteiger partial charge in [0.15, 0.2) is 5.82 Å². The lowest BCUT2D eigenvalue weighted by Crippen LogP contribution is -2.30. The predicted octanol–water partition coefficient (Wildman–Crippen LogP) is 2.71. The molecule has 2 aromatic rings. The van der Waals surface area contributed by atoms with Crippen LogP contribution >= 0.6 is 0 Å². The minimum Gasteiger partial charge on any atom is -0.339 e. The molecule has 1 aromatic heterocycles. The molecule has 25 heavy (non-hydrogen) atoms. The summed E-state index contributed by atoms with van der Waals surface area (Å²) >= 11 is 0. The van der Waals surface area contributed by atoms with E-state index in [0.29, 0.717) is 17.9 Å². The van der Waals surface area contributed by atoms with Crippen molar-refractivity contribution in [3.8, 4) is 0 Å². The molecule has 2 N–H and O–H groups in total. The van der Waals surface area contributed by atoms with Gasteiger partial charge in [0.05, 0.1) is 5.92 Å². The maximum absolute atomic E-state index is 5.61. The van der Waals surface area contributed by atoms with Gasteiger partial charge in [-0.05, 0) is 44.2 Å². The fourth-order valence-corrected chi connectivity index (χ4v) is 4.13. The van der Waals surface area contributed by atoms with Crippen molar-refractivity contribution in [3.05, 3.63) is 47.6 Å². The van der Waals surface area contributed by atoms with Crippen LogP contribution in [0.3, 0.4) is 0 Å². The van der Waals surface area contributed by atoms with Crippen molar-refractivity contribution < 1.29 is 4.52 Å². The van der Waals surface area contributed by atoms with Gasteiger partial charge in [0.1, 0.15) is 0 Å². The largest absolute Gasteiger partial charge is 0.339 e. The maximum Gasteiger partial charge on any atom is 0.231 e. The van der Waals surface area contributed by atoms with E-state index < -0.39 is 0 Å². The fourth-order valence-electron chi connectivity index (χ4n) is 4.13. The zero-order valence-corrected chi connectivity index (χ0v) is 14.6. The van der Waals surface area contributed by atoms with Crippen LogP contribution in [0.15, 0.2) is 34.9 Å². The van der Waals surface area contributed by atoms with Crippen LogP contribution in [0.4, 0.5) is 0 Å². The second-order valence-corrected chi connectivity index (χ2v) is 8.02. The van der Waals surface area contributed by atoms with Crippen molar-refractivity contribution in [2.45, 2.75) is 55.4 Å². The molecule has 0 bridgehead atoms. The molecule has 1 saturated heterocycles. The average Bonchev–Trinajstić information content (AvgIpc) is 3.58. The lowest BCUT2D eigenvalue weighted by atomic mass is 9.99. The Labute approximate surface area is 148 Å². The van der Waals surface area contributed by atoms with Gasteiger partial charge in [-0.1, -0.05) is 35.5 Å². The molecule has 5 rings (SSSR count). The van der Waals surface area contributed by atoms with E-state index >= 15 is 0 Å². The number of hydrogen-bond donors (Lipinski definition) is 2. The number of nitrogens with one attached hydrogen (secondary N) is 2. The first-order valence-corrected chi connectivity index (χ1v) is 9.67. The Morgan fingerprint density at radius 3 is 2.88 bits per heavy atom. The number of hydrogen-bond acceptors (Lipinski definition) is 5. The Bertz CT molecular complexity index is 718. The summed E-state index contributed by atoms with van der Waals surface area (Å²) in [7, 11) is 0. The molecule has 3 fully saturated rings. The van der Waals surface area contributed by atoms with Crippen molar-refractivity contribution in [2.75, 3.05) is 19.6 Å². The van der Waals surface area contributed by atoms with Gasteiger partial charge in [-0.3, -0.25) is 0 Å². The Kier molecular flexibility index (Phi) is 3.86. The third-order valence-corrected chi connectivity index (χ3v) is 6.14. The van der Waals surface area contributed by atoms with Gasteiger partial charge in [0.2, 0.25) is 5.89 Å². The topological polar surface area (TPSA) is 63.0 Å². The number of nitrogens with zero attached hydrogens (tertiary/aromatic N) is 2. The van der Waals surface area contributed by atoms with Crippen LogP contribution in [-0.2, 0) is 5.41 Å². The van der Waals surface area contributed by atoms with Gasteiger partial charge in [0.25, 0.3) is 0 Å². The van der Waals surface area contributed by atoms with Gasteiger partial charge in [-0.15, -0.1) is 0 Å². The Morgan fingerprint density at radius 1 is 1.24 bits per heavy atom. The van der Waals surface area contributed by atoms with E-state index in [1.54, 1.807) is 0 Å². The van der Waals surface area contributed by atoms with Crippen molar-refractivity contribution in [2.24, 2.45) is 0 Å². The molecule has 0 amide bonds. The molecule has 5 nitrogen and oxygen atoms in total. The monoisotopic (exact) mass is 338 g/mol. The van der Waals surface area contributed by atoms with Gasteiger partial charge < -0.3 is 15.2 Å². The number of aromatic nitrogens is 2. The molecule has 3 atom stereocenters. The first-order valence-electron chi connectivity index (χ1n) is 9.67. The van der Waals surface area contributed by atoms with Gasteiger partial charge in [-0.2, -0.15) is 4.98 Å². The Hall–Kier alpha value is -1.72. The average molecular weight is 338 g/mol. The zero-order chi connectivity index (χ0) is 16.7. The van der Waals surface area contributed by atoms with Crippen molar-refractivity contribution >= 4 is 0 Å². The molecule has 1 unspecified atom stereocenters. The molecule has 1 aromatic carbocycles. The molecule has 132 valence electrons. The Morgan fingerprint density at radius 2 is 2.12 bits per heavy atom. The highest BCUT2D eigenvalue weighted by atomic mass is 16.5. The van der Waals surface area contributed by atoms with E-state index in [9.17, 15) is 0 Å². The van der Waals surface area contributed by atoms with Crippen molar-refractivity contribution in [1.82, 2.24) is 20.8 Å². The third-order valence-electron chi connectivity index (χ3n) is 6.14. The molecular weight excluding hydrogens is 312 g/mol. The predicted molar refractivity (Wildman–Crippen MR) is 95.6 cm³/mol. The summed E-state index contributed by atoms with van der Waals surface area (Å²) in [6, 6.07) is 11.4. The van der Waals surface area contributed by atoms with Crippen molar-refractivity contribution in [1.29, 1.82) is 0 Å². The summed E-state index contributed by atoms with van der Waals surface area (Å²) in [5.41, 5.74) is 1.57. The highest BCUT2D eigenvalue weighted by molar-refractivity contribution is 5.28. The van der Waals surface area contributed by atoms with Crippen LogP contribution < -0.4 is 10.6 Å². The summed E-state index contributed by atoms with van der Waals surface area (Å²) < 4.78 is 5.61. The number of piperidine rings is 1.